The third kappa shape index (κ3) is 5.24. The number of ether oxygens (including phenoxy) is 2. The zero-order chi connectivity index (χ0) is 17.1. The van der Waals surface area contributed by atoms with E-state index in [1.165, 1.54) is 0 Å². The van der Waals surface area contributed by atoms with Crippen molar-refractivity contribution in [1.82, 2.24) is 4.90 Å². The van der Waals surface area contributed by atoms with Crippen molar-refractivity contribution in [3.05, 3.63) is 22.6 Å². The Labute approximate surface area is 146 Å². The SMILES string of the molecule is CCC1(OCc2ccc(Br)o2)CCCN(C(=O)OC(C)(C)C)C1. The Balaban J connectivity index is 1.98. The molecular formula is C17H26BrNO4. The molecule has 1 saturated heterocycles. The molecule has 1 unspecified atom stereocenters. The Bertz CT molecular complexity index is 537. The molecule has 0 bridgehead atoms. The van der Waals surface area contributed by atoms with Crippen LogP contribution in [-0.4, -0.2) is 35.3 Å². The summed E-state index contributed by atoms with van der Waals surface area (Å²) in [7, 11) is 0. The number of rotatable bonds is 4. The van der Waals surface area contributed by atoms with Gasteiger partial charge in [-0.3, -0.25) is 0 Å². The topological polar surface area (TPSA) is 51.9 Å². The van der Waals surface area contributed by atoms with E-state index in [-0.39, 0.29) is 11.7 Å². The largest absolute Gasteiger partial charge is 0.452 e. The zero-order valence-electron chi connectivity index (χ0n) is 14.4. The van der Waals surface area contributed by atoms with Gasteiger partial charge in [-0.1, -0.05) is 6.92 Å². The molecule has 0 aliphatic carbocycles. The van der Waals surface area contributed by atoms with E-state index in [0.29, 0.717) is 24.4 Å². The molecule has 130 valence electrons. The van der Waals surface area contributed by atoms with E-state index in [2.05, 4.69) is 22.9 Å². The van der Waals surface area contributed by atoms with Crippen molar-refractivity contribution in [2.24, 2.45) is 0 Å². The average Bonchev–Trinajstić information content (AvgIpc) is 2.89. The normalized spacial score (nSPS) is 22.2. The number of hydrogen-bond acceptors (Lipinski definition) is 4. The second-order valence-electron chi connectivity index (χ2n) is 7.04. The van der Waals surface area contributed by atoms with Gasteiger partial charge in [0.15, 0.2) is 4.67 Å². The van der Waals surface area contributed by atoms with Crippen LogP contribution in [0, 0.1) is 0 Å². The molecule has 1 fully saturated rings. The van der Waals surface area contributed by atoms with E-state index < -0.39 is 5.60 Å². The van der Waals surface area contributed by atoms with Crippen LogP contribution in [0.4, 0.5) is 4.79 Å². The molecule has 6 heteroatoms. The summed E-state index contributed by atoms with van der Waals surface area (Å²) in [5, 5.41) is 0. The molecule has 0 saturated carbocycles. The summed E-state index contributed by atoms with van der Waals surface area (Å²) in [5.74, 6) is 0.777. The van der Waals surface area contributed by atoms with Crippen molar-refractivity contribution in [2.45, 2.75) is 64.8 Å². The van der Waals surface area contributed by atoms with Crippen LogP contribution in [0.25, 0.3) is 0 Å². The summed E-state index contributed by atoms with van der Waals surface area (Å²) in [6.07, 6.45) is 2.42. The van der Waals surface area contributed by atoms with Gasteiger partial charge in [0, 0.05) is 6.54 Å². The van der Waals surface area contributed by atoms with Crippen molar-refractivity contribution < 1.29 is 18.7 Å². The monoisotopic (exact) mass is 387 g/mol. The molecular weight excluding hydrogens is 362 g/mol. The molecule has 1 amide bonds. The fourth-order valence-electron chi connectivity index (χ4n) is 2.74. The molecule has 23 heavy (non-hydrogen) atoms. The van der Waals surface area contributed by atoms with E-state index in [1.54, 1.807) is 4.90 Å². The Morgan fingerprint density at radius 3 is 2.74 bits per heavy atom. The quantitative estimate of drug-likeness (QED) is 0.748. The summed E-state index contributed by atoms with van der Waals surface area (Å²) in [4.78, 5) is 14.1. The Hall–Kier alpha value is -1.01. The van der Waals surface area contributed by atoms with Gasteiger partial charge in [0.25, 0.3) is 0 Å². The summed E-state index contributed by atoms with van der Waals surface area (Å²) < 4.78 is 17.8. The van der Waals surface area contributed by atoms with Crippen molar-refractivity contribution in [3.8, 4) is 0 Å². The highest BCUT2D eigenvalue weighted by Gasteiger charge is 2.38. The molecule has 1 aromatic rings. The third-order valence-corrected chi connectivity index (χ3v) is 4.41. The minimum atomic E-state index is -0.481. The maximum Gasteiger partial charge on any atom is 0.410 e. The Morgan fingerprint density at radius 2 is 2.17 bits per heavy atom. The van der Waals surface area contributed by atoms with Gasteiger partial charge in [-0.2, -0.15) is 0 Å². The standard InChI is InChI=1S/C17H26BrNO4/c1-5-17(21-11-13-7-8-14(18)22-13)9-6-10-19(12-17)15(20)23-16(2,3)4/h7-8H,5-6,9-12H2,1-4H3. The molecule has 0 N–H and O–H groups in total. The van der Waals surface area contributed by atoms with Gasteiger partial charge in [-0.15, -0.1) is 0 Å². The van der Waals surface area contributed by atoms with Gasteiger partial charge in [-0.25, -0.2) is 4.79 Å². The fraction of sp³-hybridized carbons (Fsp3) is 0.706. The number of hydrogen-bond donors (Lipinski definition) is 0. The molecule has 1 aromatic heterocycles. The second kappa shape index (κ2) is 7.26. The maximum atomic E-state index is 12.3. The molecule has 0 aromatic carbocycles. The Kier molecular flexibility index (Phi) is 5.79. The number of furan rings is 1. The van der Waals surface area contributed by atoms with Gasteiger partial charge < -0.3 is 18.8 Å². The van der Waals surface area contributed by atoms with Crippen molar-refractivity contribution in [3.63, 3.8) is 0 Å². The number of nitrogens with zero attached hydrogens (tertiary/aromatic N) is 1. The van der Waals surface area contributed by atoms with Crippen LogP contribution in [0.3, 0.4) is 0 Å². The van der Waals surface area contributed by atoms with Gasteiger partial charge in [-0.05, 0) is 68.1 Å². The van der Waals surface area contributed by atoms with Crippen LogP contribution < -0.4 is 0 Å². The molecule has 1 atom stereocenters. The summed E-state index contributed by atoms with van der Waals surface area (Å²) in [6, 6.07) is 3.74. The van der Waals surface area contributed by atoms with E-state index >= 15 is 0 Å². The van der Waals surface area contributed by atoms with E-state index in [4.69, 9.17) is 13.9 Å². The zero-order valence-corrected chi connectivity index (χ0v) is 15.9. The van der Waals surface area contributed by atoms with Crippen LogP contribution in [-0.2, 0) is 16.1 Å². The van der Waals surface area contributed by atoms with E-state index in [1.807, 2.05) is 32.9 Å². The molecule has 2 rings (SSSR count). The number of carbonyl (C=O) groups excluding carboxylic acids is 1. The highest BCUT2D eigenvalue weighted by atomic mass is 79.9. The molecule has 1 aliphatic heterocycles. The first kappa shape index (κ1) is 18.3. The van der Waals surface area contributed by atoms with Crippen LogP contribution >= 0.6 is 15.9 Å². The average molecular weight is 388 g/mol. The molecule has 0 spiro atoms. The molecule has 2 heterocycles. The Morgan fingerprint density at radius 1 is 1.43 bits per heavy atom. The lowest BCUT2D eigenvalue weighted by atomic mass is 9.90. The van der Waals surface area contributed by atoms with Gasteiger partial charge in [0.05, 0.1) is 12.1 Å². The van der Waals surface area contributed by atoms with Crippen LogP contribution in [0.2, 0.25) is 0 Å². The van der Waals surface area contributed by atoms with Gasteiger partial charge >= 0.3 is 6.09 Å². The smallest absolute Gasteiger partial charge is 0.410 e. The number of likely N-dealkylation sites (tertiary alicyclic amines) is 1. The number of piperidine rings is 1. The predicted octanol–water partition coefficient (Wildman–Crippen LogP) is 4.74. The van der Waals surface area contributed by atoms with Crippen molar-refractivity contribution in [1.29, 1.82) is 0 Å². The lowest BCUT2D eigenvalue weighted by molar-refractivity contribution is -0.105. The van der Waals surface area contributed by atoms with Gasteiger partial charge in [0.2, 0.25) is 0 Å². The van der Waals surface area contributed by atoms with Gasteiger partial charge in [0.1, 0.15) is 18.0 Å². The lowest BCUT2D eigenvalue weighted by Crippen LogP contribution is -2.52. The fourth-order valence-corrected chi connectivity index (χ4v) is 3.08. The first-order chi connectivity index (χ1) is 10.7. The first-order valence-corrected chi connectivity index (χ1v) is 8.88. The lowest BCUT2D eigenvalue weighted by Gasteiger charge is -2.42. The molecule has 0 radical (unpaired) electrons. The number of carbonyl (C=O) groups is 1. The first-order valence-electron chi connectivity index (χ1n) is 8.09. The second-order valence-corrected chi connectivity index (χ2v) is 7.82. The third-order valence-electron chi connectivity index (χ3n) is 3.98. The van der Waals surface area contributed by atoms with Crippen LogP contribution in [0.1, 0.15) is 52.7 Å². The predicted molar refractivity (Wildman–Crippen MR) is 91.3 cm³/mol. The van der Waals surface area contributed by atoms with E-state index in [0.717, 1.165) is 25.0 Å². The highest BCUT2D eigenvalue weighted by Crippen LogP contribution is 2.31. The summed E-state index contributed by atoms with van der Waals surface area (Å²) >= 11 is 3.29. The molecule has 1 aliphatic rings. The maximum absolute atomic E-state index is 12.3. The summed E-state index contributed by atoms with van der Waals surface area (Å²) in [6.45, 7) is 9.42. The number of amides is 1. The summed E-state index contributed by atoms with van der Waals surface area (Å²) in [5.41, 5.74) is -0.820. The minimum absolute atomic E-state index is 0.264. The minimum Gasteiger partial charge on any atom is -0.452 e. The van der Waals surface area contributed by atoms with E-state index in [9.17, 15) is 4.79 Å². The number of halogens is 1. The van der Waals surface area contributed by atoms with Crippen molar-refractivity contribution >= 4 is 22.0 Å². The molecule has 5 nitrogen and oxygen atoms in total. The van der Waals surface area contributed by atoms with Crippen molar-refractivity contribution in [2.75, 3.05) is 13.1 Å². The van der Waals surface area contributed by atoms with Crippen LogP contribution in [0.15, 0.2) is 21.2 Å². The highest BCUT2D eigenvalue weighted by molar-refractivity contribution is 9.10. The van der Waals surface area contributed by atoms with Crippen LogP contribution in [0.5, 0.6) is 0 Å².